The molecule has 0 aliphatic heterocycles. The molecule has 0 spiro atoms. The fourth-order valence-corrected chi connectivity index (χ4v) is 3.48. The van der Waals surface area contributed by atoms with Gasteiger partial charge in [0.15, 0.2) is 0 Å². The summed E-state index contributed by atoms with van der Waals surface area (Å²) in [7, 11) is 0. The highest BCUT2D eigenvalue weighted by molar-refractivity contribution is 5.96. The highest BCUT2D eigenvalue weighted by Crippen LogP contribution is 2.44. The monoisotopic (exact) mass is 245 g/mol. The maximum Gasteiger partial charge on any atom is 0.251 e. The molecule has 18 heavy (non-hydrogen) atoms. The van der Waals surface area contributed by atoms with Crippen LogP contribution in [0.3, 0.4) is 0 Å². The molecule has 0 heterocycles. The van der Waals surface area contributed by atoms with Crippen LogP contribution < -0.4 is 16.8 Å². The molecule has 96 valence electrons. The summed E-state index contributed by atoms with van der Waals surface area (Å²) in [5, 5.41) is 3.13. The van der Waals surface area contributed by atoms with Crippen molar-refractivity contribution in [2.75, 3.05) is 11.5 Å². The molecule has 0 radical (unpaired) electrons. The van der Waals surface area contributed by atoms with E-state index in [1.165, 1.54) is 19.3 Å². The molecule has 1 aromatic carbocycles. The molecule has 2 fully saturated rings. The quantitative estimate of drug-likeness (QED) is 0.694. The zero-order chi connectivity index (χ0) is 12.7. The predicted octanol–water partition coefficient (Wildman–Crippen LogP) is 1.77. The van der Waals surface area contributed by atoms with Gasteiger partial charge in [-0.25, -0.2) is 0 Å². The Hall–Kier alpha value is -1.71. The van der Waals surface area contributed by atoms with Crippen molar-refractivity contribution in [1.29, 1.82) is 0 Å². The summed E-state index contributed by atoms with van der Waals surface area (Å²) in [5.41, 5.74) is 13.0. The van der Waals surface area contributed by atoms with Crippen molar-refractivity contribution < 1.29 is 4.79 Å². The Morgan fingerprint density at radius 3 is 2.39 bits per heavy atom. The van der Waals surface area contributed by atoms with Crippen molar-refractivity contribution in [3.05, 3.63) is 23.8 Å². The molecule has 3 unspecified atom stereocenters. The van der Waals surface area contributed by atoms with Gasteiger partial charge in [0.1, 0.15) is 0 Å². The molecule has 4 nitrogen and oxygen atoms in total. The van der Waals surface area contributed by atoms with Gasteiger partial charge in [-0.05, 0) is 49.3 Å². The van der Waals surface area contributed by atoms with Crippen LogP contribution in [0.5, 0.6) is 0 Å². The zero-order valence-electron chi connectivity index (χ0n) is 10.4. The average Bonchev–Trinajstić information content (AvgIpc) is 2.89. The maximum absolute atomic E-state index is 12.2. The molecule has 4 heteroatoms. The van der Waals surface area contributed by atoms with Gasteiger partial charge < -0.3 is 16.8 Å². The molecule has 2 saturated carbocycles. The molecule has 3 rings (SSSR count). The minimum atomic E-state index is -0.0495. The van der Waals surface area contributed by atoms with E-state index in [-0.39, 0.29) is 5.91 Å². The van der Waals surface area contributed by atoms with E-state index in [2.05, 4.69) is 5.32 Å². The summed E-state index contributed by atoms with van der Waals surface area (Å²) in [4.78, 5) is 12.2. The first-order valence-corrected chi connectivity index (χ1v) is 6.59. The molecular formula is C14H19N3O. The topological polar surface area (TPSA) is 81.1 Å². The Morgan fingerprint density at radius 2 is 1.83 bits per heavy atom. The van der Waals surface area contributed by atoms with Crippen LogP contribution in [0.4, 0.5) is 11.4 Å². The van der Waals surface area contributed by atoms with Crippen molar-refractivity contribution in [3.8, 4) is 0 Å². The number of carbonyl (C=O) groups is 1. The van der Waals surface area contributed by atoms with Gasteiger partial charge in [0.2, 0.25) is 0 Å². The SMILES string of the molecule is Nc1cc(N)cc(C(=O)NC2CC3CCC2C3)c1. The lowest BCUT2D eigenvalue weighted by Gasteiger charge is -2.23. The number of carbonyl (C=O) groups excluding carboxylic acids is 1. The number of rotatable bonds is 2. The number of hydrogen-bond acceptors (Lipinski definition) is 3. The number of nitrogens with one attached hydrogen (secondary N) is 1. The van der Waals surface area contributed by atoms with Gasteiger partial charge in [-0.1, -0.05) is 6.42 Å². The van der Waals surface area contributed by atoms with E-state index in [0.717, 1.165) is 12.3 Å². The Balaban J connectivity index is 1.71. The van der Waals surface area contributed by atoms with E-state index < -0.39 is 0 Å². The van der Waals surface area contributed by atoms with E-state index in [0.29, 0.717) is 28.9 Å². The second-order valence-corrected chi connectivity index (χ2v) is 5.64. The Morgan fingerprint density at radius 1 is 1.11 bits per heavy atom. The van der Waals surface area contributed by atoms with Crippen molar-refractivity contribution in [2.45, 2.75) is 31.7 Å². The van der Waals surface area contributed by atoms with Crippen LogP contribution in [0.2, 0.25) is 0 Å². The fraction of sp³-hybridized carbons (Fsp3) is 0.500. The molecule has 2 aliphatic carbocycles. The Kier molecular flexibility index (Phi) is 2.65. The largest absolute Gasteiger partial charge is 0.399 e. The van der Waals surface area contributed by atoms with E-state index in [1.807, 2.05) is 0 Å². The van der Waals surface area contributed by atoms with Gasteiger partial charge in [-0.15, -0.1) is 0 Å². The van der Waals surface area contributed by atoms with E-state index in [9.17, 15) is 4.79 Å². The third kappa shape index (κ3) is 2.03. The van der Waals surface area contributed by atoms with Crippen molar-refractivity contribution in [2.24, 2.45) is 11.8 Å². The molecule has 5 N–H and O–H groups in total. The summed E-state index contributed by atoms with van der Waals surface area (Å²) in [5.74, 6) is 1.45. The first kappa shape index (κ1) is 11.4. The molecule has 0 saturated heterocycles. The minimum absolute atomic E-state index is 0.0495. The molecule has 2 aliphatic rings. The first-order chi connectivity index (χ1) is 8.61. The normalized spacial score (nSPS) is 29.4. The Labute approximate surface area is 107 Å². The van der Waals surface area contributed by atoms with Crippen molar-refractivity contribution >= 4 is 17.3 Å². The lowest BCUT2D eigenvalue weighted by molar-refractivity contribution is 0.0923. The average molecular weight is 245 g/mol. The molecule has 0 aromatic heterocycles. The highest BCUT2D eigenvalue weighted by atomic mass is 16.1. The van der Waals surface area contributed by atoms with E-state index in [4.69, 9.17) is 11.5 Å². The fourth-order valence-electron chi connectivity index (χ4n) is 3.48. The third-order valence-electron chi connectivity index (χ3n) is 4.29. The van der Waals surface area contributed by atoms with Gasteiger partial charge in [0.25, 0.3) is 5.91 Å². The summed E-state index contributed by atoms with van der Waals surface area (Å²) >= 11 is 0. The van der Waals surface area contributed by atoms with Crippen LogP contribution in [0.15, 0.2) is 18.2 Å². The van der Waals surface area contributed by atoms with Gasteiger partial charge >= 0.3 is 0 Å². The van der Waals surface area contributed by atoms with Crippen LogP contribution in [-0.2, 0) is 0 Å². The lowest BCUT2D eigenvalue weighted by atomic mass is 9.95. The summed E-state index contributed by atoms with van der Waals surface area (Å²) < 4.78 is 0. The summed E-state index contributed by atoms with van der Waals surface area (Å²) in [6.07, 6.45) is 5.01. The number of anilines is 2. The van der Waals surface area contributed by atoms with Gasteiger partial charge in [0.05, 0.1) is 0 Å². The maximum atomic E-state index is 12.2. The lowest BCUT2D eigenvalue weighted by Crippen LogP contribution is -2.38. The summed E-state index contributed by atoms with van der Waals surface area (Å²) in [6.45, 7) is 0. The molecule has 1 amide bonds. The van der Waals surface area contributed by atoms with Crippen LogP contribution in [0.1, 0.15) is 36.0 Å². The second kappa shape index (κ2) is 4.19. The third-order valence-corrected chi connectivity index (χ3v) is 4.29. The number of amides is 1. The number of fused-ring (bicyclic) bond motifs is 2. The van der Waals surface area contributed by atoms with Gasteiger partial charge in [-0.2, -0.15) is 0 Å². The minimum Gasteiger partial charge on any atom is -0.399 e. The molecule has 1 aromatic rings. The van der Waals surface area contributed by atoms with E-state index >= 15 is 0 Å². The molecular weight excluding hydrogens is 226 g/mol. The zero-order valence-corrected chi connectivity index (χ0v) is 10.4. The second-order valence-electron chi connectivity index (χ2n) is 5.64. The smallest absolute Gasteiger partial charge is 0.251 e. The number of nitrogens with two attached hydrogens (primary N) is 2. The molecule has 3 atom stereocenters. The van der Waals surface area contributed by atoms with Crippen LogP contribution >= 0.6 is 0 Å². The van der Waals surface area contributed by atoms with Crippen LogP contribution in [0, 0.1) is 11.8 Å². The number of nitrogen functional groups attached to an aromatic ring is 2. The van der Waals surface area contributed by atoms with Gasteiger partial charge in [0, 0.05) is 23.0 Å². The predicted molar refractivity (Wildman–Crippen MR) is 72.0 cm³/mol. The highest BCUT2D eigenvalue weighted by Gasteiger charge is 2.40. The Bertz CT molecular complexity index is 466. The van der Waals surface area contributed by atoms with Crippen molar-refractivity contribution in [1.82, 2.24) is 5.32 Å². The van der Waals surface area contributed by atoms with Crippen molar-refractivity contribution in [3.63, 3.8) is 0 Å². The first-order valence-electron chi connectivity index (χ1n) is 6.59. The number of benzene rings is 1. The van der Waals surface area contributed by atoms with Crippen LogP contribution in [0.25, 0.3) is 0 Å². The van der Waals surface area contributed by atoms with Crippen LogP contribution in [-0.4, -0.2) is 11.9 Å². The summed E-state index contributed by atoms with van der Waals surface area (Å²) in [6, 6.07) is 5.37. The number of hydrogen-bond donors (Lipinski definition) is 3. The van der Waals surface area contributed by atoms with Gasteiger partial charge in [-0.3, -0.25) is 4.79 Å². The standard InChI is InChI=1S/C14H19N3O/c15-11-5-10(6-12(16)7-11)14(18)17-13-4-8-1-2-9(13)3-8/h5-9,13H,1-4,15-16H2,(H,17,18). The molecule has 2 bridgehead atoms. The van der Waals surface area contributed by atoms with E-state index in [1.54, 1.807) is 18.2 Å².